The number of thiophene rings is 1. The predicted molar refractivity (Wildman–Crippen MR) is 135 cm³/mol. The van der Waals surface area contributed by atoms with Crippen molar-refractivity contribution >= 4 is 45.5 Å². The number of carbonyl (C=O) groups excluding carboxylic acids is 1. The van der Waals surface area contributed by atoms with E-state index in [2.05, 4.69) is 48.6 Å². The molecule has 4 rings (SSSR count). The topological polar surface area (TPSA) is 54.4 Å². The van der Waals surface area contributed by atoms with Crippen molar-refractivity contribution in [2.45, 2.75) is 33.1 Å². The van der Waals surface area contributed by atoms with Gasteiger partial charge in [0.25, 0.3) is 5.91 Å². The van der Waals surface area contributed by atoms with Gasteiger partial charge in [0.15, 0.2) is 0 Å². The molecule has 4 aromatic rings. The first kappa shape index (κ1) is 22.2. The Morgan fingerprint density at radius 1 is 1.09 bits per heavy atom. The maximum atomic E-state index is 13.2. The Kier molecular flexibility index (Phi) is 6.68. The molecule has 32 heavy (non-hydrogen) atoms. The molecule has 4 nitrogen and oxygen atoms in total. The Balaban J connectivity index is 1.71. The summed E-state index contributed by atoms with van der Waals surface area (Å²) in [5.41, 5.74) is 7.84. The highest BCUT2D eigenvalue weighted by atomic mass is 35.5. The van der Waals surface area contributed by atoms with E-state index in [-0.39, 0.29) is 5.91 Å². The van der Waals surface area contributed by atoms with Gasteiger partial charge in [-0.25, -0.2) is 10.4 Å². The monoisotopic (exact) mass is 461 g/mol. The summed E-state index contributed by atoms with van der Waals surface area (Å²) in [6.07, 6.45) is 0.682. The summed E-state index contributed by atoms with van der Waals surface area (Å²) < 4.78 is 0.695. The fraction of sp³-hybridized carbons (Fsp3) is 0.192. The quantitative estimate of drug-likeness (QED) is 0.242. The van der Waals surface area contributed by atoms with E-state index in [4.69, 9.17) is 16.6 Å². The van der Waals surface area contributed by atoms with Crippen LogP contribution in [0.2, 0.25) is 4.34 Å². The van der Waals surface area contributed by atoms with Gasteiger partial charge in [-0.3, -0.25) is 4.79 Å². The van der Waals surface area contributed by atoms with E-state index >= 15 is 0 Å². The smallest absolute Gasteiger partial charge is 0.267 e. The van der Waals surface area contributed by atoms with Crippen LogP contribution < -0.4 is 5.43 Å². The van der Waals surface area contributed by atoms with Gasteiger partial charge in [-0.2, -0.15) is 5.10 Å². The van der Waals surface area contributed by atoms with Crippen molar-refractivity contribution in [2.75, 3.05) is 0 Å². The second kappa shape index (κ2) is 9.63. The maximum Gasteiger partial charge on any atom is 0.272 e. The lowest BCUT2D eigenvalue weighted by Crippen LogP contribution is -2.20. The molecule has 0 unspecified atom stereocenters. The third-order valence-electron chi connectivity index (χ3n) is 5.32. The minimum atomic E-state index is -0.266. The summed E-state index contributed by atoms with van der Waals surface area (Å²) >= 11 is 7.50. The largest absolute Gasteiger partial charge is 0.272 e. The molecular weight excluding hydrogens is 438 g/mol. The lowest BCUT2D eigenvalue weighted by Gasteiger charge is -2.11. The average molecular weight is 462 g/mol. The average Bonchev–Trinajstić information content (AvgIpc) is 3.24. The van der Waals surface area contributed by atoms with Gasteiger partial charge in [0.1, 0.15) is 0 Å². The van der Waals surface area contributed by atoms with E-state index < -0.39 is 0 Å². The molecule has 0 saturated heterocycles. The third kappa shape index (κ3) is 4.74. The number of para-hydroxylation sites is 1. The van der Waals surface area contributed by atoms with E-state index in [1.54, 1.807) is 0 Å². The molecule has 0 atom stereocenters. The Morgan fingerprint density at radius 3 is 2.50 bits per heavy atom. The molecule has 2 aromatic heterocycles. The zero-order chi connectivity index (χ0) is 22.7. The zero-order valence-electron chi connectivity index (χ0n) is 18.2. The van der Waals surface area contributed by atoms with Gasteiger partial charge in [0.2, 0.25) is 0 Å². The summed E-state index contributed by atoms with van der Waals surface area (Å²) in [5, 5.41) is 5.18. The molecule has 0 radical (unpaired) electrons. The molecule has 162 valence electrons. The van der Waals surface area contributed by atoms with Crippen molar-refractivity contribution in [3.05, 3.63) is 87.1 Å². The second-order valence-electron chi connectivity index (χ2n) is 7.81. The van der Waals surface area contributed by atoms with Gasteiger partial charge in [-0.05, 0) is 42.2 Å². The van der Waals surface area contributed by atoms with Gasteiger partial charge in [-0.1, -0.05) is 74.8 Å². The highest BCUT2D eigenvalue weighted by Crippen LogP contribution is 2.27. The number of rotatable bonds is 6. The van der Waals surface area contributed by atoms with Crippen LogP contribution in [-0.4, -0.2) is 16.6 Å². The molecule has 2 heterocycles. The van der Waals surface area contributed by atoms with E-state index in [9.17, 15) is 4.79 Å². The van der Waals surface area contributed by atoms with Crippen LogP contribution in [0.3, 0.4) is 0 Å². The Labute approximate surface area is 197 Å². The van der Waals surface area contributed by atoms with E-state index in [1.165, 1.54) is 16.9 Å². The lowest BCUT2D eigenvalue weighted by atomic mass is 9.99. The van der Waals surface area contributed by atoms with Crippen molar-refractivity contribution in [3.8, 4) is 11.3 Å². The van der Waals surface area contributed by atoms with E-state index in [0.29, 0.717) is 22.2 Å². The van der Waals surface area contributed by atoms with Gasteiger partial charge in [0.05, 0.1) is 31.7 Å². The minimum Gasteiger partial charge on any atom is -0.267 e. The zero-order valence-corrected chi connectivity index (χ0v) is 19.8. The number of aromatic nitrogens is 1. The number of halogens is 1. The molecule has 0 aliphatic heterocycles. The fourth-order valence-electron chi connectivity index (χ4n) is 3.51. The van der Waals surface area contributed by atoms with Crippen molar-refractivity contribution < 1.29 is 4.79 Å². The van der Waals surface area contributed by atoms with Crippen LogP contribution in [0.5, 0.6) is 0 Å². The minimum absolute atomic E-state index is 0.266. The standard InChI is InChI=1S/C26H24ClN3OS/c1-4-21(24-13-14-25(27)32-24)29-30-26(31)20-15-23(28-22-8-6-5-7-19(20)22)18-11-9-17(10-12-18)16(2)3/h5-16H,4H2,1-3H3,(H,30,31)/b29-21+. The van der Waals surface area contributed by atoms with Gasteiger partial charge >= 0.3 is 0 Å². The molecule has 6 heteroatoms. The van der Waals surface area contributed by atoms with Gasteiger partial charge in [0, 0.05) is 10.9 Å². The predicted octanol–water partition coefficient (Wildman–Crippen LogP) is 7.28. The molecule has 0 aliphatic rings. The van der Waals surface area contributed by atoms with Crippen LogP contribution in [0.1, 0.15) is 53.9 Å². The Hall–Kier alpha value is -3.02. The second-order valence-corrected chi connectivity index (χ2v) is 9.52. The molecule has 1 amide bonds. The number of hydrazone groups is 1. The number of carbonyl (C=O) groups is 1. The van der Waals surface area contributed by atoms with Crippen LogP contribution >= 0.6 is 22.9 Å². The van der Waals surface area contributed by atoms with Crippen LogP contribution in [0, 0.1) is 0 Å². The number of nitrogens with one attached hydrogen (secondary N) is 1. The summed E-state index contributed by atoms with van der Waals surface area (Å²) in [7, 11) is 0. The number of fused-ring (bicyclic) bond motifs is 1. The van der Waals surface area contributed by atoms with Crippen LogP contribution in [0.25, 0.3) is 22.2 Å². The van der Waals surface area contributed by atoms with Crippen LogP contribution in [0.4, 0.5) is 0 Å². The lowest BCUT2D eigenvalue weighted by molar-refractivity contribution is 0.0956. The molecule has 0 spiro atoms. The van der Waals surface area contributed by atoms with Gasteiger partial charge in [-0.15, -0.1) is 11.3 Å². The van der Waals surface area contributed by atoms with Crippen LogP contribution in [-0.2, 0) is 0 Å². The number of nitrogens with zero attached hydrogens (tertiary/aromatic N) is 2. The van der Waals surface area contributed by atoms with Crippen molar-refractivity contribution in [3.63, 3.8) is 0 Å². The highest BCUT2D eigenvalue weighted by molar-refractivity contribution is 7.18. The summed E-state index contributed by atoms with van der Waals surface area (Å²) in [4.78, 5) is 18.9. The molecule has 0 fully saturated rings. The number of hydrogen-bond donors (Lipinski definition) is 1. The third-order valence-corrected chi connectivity index (χ3v) is 6.60. The van der Waals surface area contributed by atoms with Crippen molar-refractivity contribution in [1.82, 2.24) is 10.4 Å². The summed E-state index contributed by atoms with van der Waals surface area (Å²) in [5.74, 6) is 0.191. The highest BCUT2D eigenvalue weighted by Gasteiger charge is 2.15. The van der Waals surface area contributed by atoms with E-state index in [1.807, 2.05) is 49.4 Å². The van der Waals surface area contributed by atoms with Crippen molar-refractivity contribution in [1.29, 1.82) is 0 Å². The molecule has 0 aliphatic carbocycles. The van der Waals surface area contributed by atoms with Gasteiger partial charge < -0.3 is 0 Å². The molecule has 1 N–H and O–H groups in total. The Bertz CT molecular complexity index is 1290. The first-order chi connectivity index (χ1) is 15.5. The first-order valence-corrected chi connectivity index (χ1v) is 11.8. The molecular formula is C26H24ClN3OS. The molecule has 0 bridgehead atoms. The van der Waals surface area contributed by atoms with E-state index in [0.717, 1.165) is 32.7 Å². The normalized spacial score (nSPS) is 11.8. The number of hydrogen-bond acceptors (Lipinski definition) is 4. The maximum absolute atomic E-state index is 13.2. The summed E-state index contributed by atoms with van der Waals surface area (Å²) in [6.45, 7) is 6.33. The molecule has 2 aromatic carbocycles. The fourth-order valence-corrected chi connectivity index (χ4v) is 4.61. The number of pyridine rings is 1. The Morgan fingerprint density at radius 2 is 1.84 bits per heavy atom. The summed E-state index contributed by atoms with van der Waals surface area (Å²) in [6, 6.07) is 21.6. The number of benzene rings is 2. The van der Waals surface area contributed by atoms with Crippen LogP contribution in [0.15, 0.2) is 71.8 Å². The SMILES string of the molecule is CC/C(=N\NC(=O)c1cc(-c2ccc(C(C)C)cc2)nc2ccccc12)c1ccc(Cl)s1. The molecule has 0 saturated carbocycles. The first-order valence-electron chi connectivity index (χ1n) is 10.6. The van der Waals surface area contributed by atoms with Crippen molar-refractivity contribution in [2.24, 2.45) is 5.10 Å². The number of amides is 1.